The van der Waals surface area contributed by atoms with Crippen molar-refractivity contribution < 1.29 is 4.79 Å². The zero-order chi connectivity index (χ0) is 23.6. The number of pyridine rings is 1. The first-order valence-electron chi connectivity index (χ1n) is 11.5. The molecule has 0 radical (unpaired) electrons. The SMILES string of the molecule is O=C(NCc1cccc2ccccc12)c1nn(Cc2ccccc2)c2nccc(-c3cccs3)c12. The molecule has 3 aromatic heterocycles. The second-order valence-electron chi connectivity index (χ2n) is 8.35. The van der Waals surface area contributed by atoms with Crippen molar-refractivity contribution in [2.45, 2.75) is 13.1 Å². The molecular formula is C29H22N4OS. The number of carbonyl (C=O) groups excluding carboxylic acids is 1. The number of nitrogens with zero attached hydrogens (tertiary/aromatic N) is 3. The molecule has 0 aliphatic heterocycles. The maximum absolute atomic E-state index is 13.5. The number of rotatable bonds is 6. The van der Waals surface area contributed by atoms with Gasteiger partial charge in [0.05, 0.1) is 11.9 Å². The molecule has 0 unspecified atom stereocenters. The van der Waals surface area contributed by atoms with Crippen molar-refractivity contribution in [1.82, 2.24) is 20.1 Å². The third-order valence-electron chi connectivity index (χ3n) is 6.13. The van der Waals surface area contributed by atoms with Crippen molar-refractivity contribution in [3.63, 3.8) is 0 Å². The first-order chi connectivity index (χ1) is 17.3. The number of aromatic nitrogens is 3. The summed E-state index contributed by atoms with van der Waals surface area (Å²) in [6, 6.07) is 30.5. The van der Waals surface area contributed by atoms with Gasteiger partial charge in [0, 0.05) is 23.2 Å². The van der Waals surface area contributed by atoms with E-state index in [0.29, 0.717) is 24.4 Å². The number of amides is 1. The summed E-state index contributed by atoms with van der Waals surface area (Å²) in [5.74, 6) is -0.208. The van der Waals surface area contributed by atoms with Crippen molar-refractivity contribution in [2.75, 3.05) is 0 Å². The molecule has 35 heavy (non-hydrogen) atoms. The van der Waals surface area contributed by atoms with Gasteiger partial charge < -0.3 is 5.32 Å². The third-order valence-corrected chi connectivity index (χ3v) is 7.03. The van der Waals surface area contributed by atoms with E-state index in [9.17, 15) is 4.79 Å². The van der Waals surface area contributed by atoms with E-state index in [2.05, 4.69) is 46.7 Å². The molecule has 1 N–H and O–H groups in total. The summed E-state index contributed by atoms with van der Waals surface area (Å²) in [6.45, 7) is 0.955. The number of carbonyl (C=O) groups is 1. The lowest BCUT2D eigenvalue weighted by Gasteiger charge is -2.08. The van der Waals surface area contributed by atoms with Crippen molar-refractivity contribution in [1.29, 1.82) is 0 Å². The maximum Gasteiger partial charge on any atom is 0.272 e. The van der Waals surface area contributed by atoms with Crippen LogP contribution in [-0.2, 0) is 13.1 Å². The molecule has 0 bridgehead atoms. The number of benzene rings is 3. The summed E-state index contributed by atoms with van der Waals surface area (Å²) in [4.78, 5) is 19.3. The van der Waals surface area contributed by atoms with Gasteiger partial charge in [-0.15, -0.1) is 11.3 Å². The third kappa shape index (κ3) is 4.09. The number of hydrogen-bond acceptors (Lipinski definition) is 4. The lowest BCUT2D eigenvalue weighted by molar-refractivity contribution is 0.0947. The Morgan fingerprint density at radius 1 is 0.886 bits per heavy atom. The Hall–Kier alpha value is -4.29. The van der Waals surface area contributed by atoms with E-state index in [-0.39, 0.29) is 5.91 Å². The van der Waals surface area contributed by atoms with Gasteiger partial charge in [0.25, 0.3) is 5.91 Å². The summed E-state index contributed by atoms with van der Waals surface area (Å²) in [5.41, 5.74) is 4.24. The van der Waals surface area contributed by atoms with Gasteiger partial charge in [0.2, 0.25) is 0 Å². The highest BCUT2D eigenvalue weighted by Crippen LogP contribution is 2.33. The molecule has 0 atom stereocenters. The number of hydrogen-bond donors (Lipinski definition) is 1. The summed E-state index contributed by atoms with van der Waals surface area (Å²) >= 11 is 1.64. The van der Waals surface area contributed by atoms with Crippen molar-refractivity contribution in [3.05, 3.63) is 119 Å². The lowest BCUT2D eigenvalue weighted by atomic mass is 10.0. The van der Waals surface area contributed by atoms with E-state index in [0.717, 1.165) is 37.7 Å². The van der Waals surface area contributed by atoms with Crippen LogP contribution in [0.5, 0.6) is 0 Å². The summed E-state index contributed by atoms with van der Waals surface area (Å²) < 4.78 is 1.83. The monoisotopic (exact) mass is 474 g/mol. The van der Waals surface area contributed by atoms with E-state index >= 15 is 0 Å². The molecule has 3 heterocycles. The molecular weight excluding hydrogens is 452 g/mol. The second kappa shape index (κ2) is 9.16. The molecule has 0 saturated carbocycles. The van der Waals surface area contributed by atoms with Gasteiger partial charge >= 0.3 is 0 Å². The fourth-order valence-electron chi connectivity index (χ4n) is 4.47. The topological polar surface area (TPSA) is 59.8 Å². The van der Waals surface area contributed by atoms with Crippen LogP contribution in [0, 0.1) is 0 Å². The minimum Gasteiger partial charge on any atom is -0.347 e. The fraction of sp³-hybridized carbons (Fsp3) is 0.0690. The molecule has 170 valence electrons. The second-order valence-corrected chi connectivity index (χ2v) is 9.29. The first-order valence-corrected chi connectivity index (χ1v) is 12.3. The van der Waals surface area contributed by atoms with E-state index in [4.69, 9.17) is 5.10 Å². The number of nitrogens with one attached hydrogen (secondary N) is 1. The Bertz CT molecular complexity index is 1630. The fourth-order valence-corrected chi connectivity index (χ4v) is 5.22. The van der Waals surface area contributed by atoms with Gasteiger partial charge in [0.15, 0.2) is 11.3 Å². The summed E-state index contributed by atoms with van der Waals surface area (Å²) in [5, 5.41) is 13.0. The van der Waals surface area contributed by atoms with Gasteiger partial charge in [0.1, 0.15) is 0 Å². The van der Waals surface area contributed by atoms with E-state index in [1.807, 2.05) is 64.7 Å². The zero-order valence-corrected chi connectivity index (χ0v) is 19.7. The van der Waals surface area contributed by atoms with Gasteiger partial charge in [-0.1, -0.05) is 78.9 Å². The zero-order valence-electron chi connectivity index (χ0n) is 18.9. The lowest BCUT2D eigenvalue weighted by Crippen LogP contribution is -2.24. The molecule has 6 aromatic rings. The maximum atomic E-state index is 13.5. The quantitative estimate of drug-likeness (QED) is 0.309. The average Bonchev–Trinajstić information content (AvgIpc) is 3.57. The van der Waals surface area contributed by atoms with E-state index < -0.39 is 0 Å². The Morgan fingerprint density at radius 2 is 1.71 bits per heavy atom. The molecule has 0 fully saturated rings. The largest absolute Gasteiger partial charge is 0.347 e. The van der Waals surface area contributed by atoms with Crippen LogP contribution in [0.2, 0.25) is 0 Å². The van der Waals surface area contributed by atoms with Crippen LogP contribution < -0.4 is 5.32 Å². The molecule has 0 saturated heterocycles. The van der Waals surface area contributed by atoms with Crippen molar-refractivity contribution in [3.8, 4) is 10.4 Å². The summed E-state index contributed by atoms with van der Waals surface area (Å²) in [6.07, 6.45) is 1.79. The number of fused-ring (bicyclic) bond motifs is 2. The van der Waals surface area contributed by atoms with Crippen molar-refractivity contribution >= 4 is 39.0 Å². The highest BCUT2D eigenvalue weighted by atomic mass is 32.1. The smallest absolute Gasteiger partial charge is 0.272 e. The molecule has 5 nitrogen and oxygen atoms in total. The van der Waals surface area contributed by atoms with Crippen LogP contribution in [0.4, 0.5) is 0 Å². The minimum absolute atomic E-state index is 0.208. The Balaban J connectivity index is 1.40. The highest BCUT2D eigenvalue weighted by molar-refractivity contribution is 7.13. The van der Waals surface area contributed by atoms with E-state index in [1.165, 1.54) is 0 Å². The van der Waals surface area contributed by atoms with Gasteiger partial charge in [-0.25, -0.2) is 9.67 Å². The molecule has 1 amide bonds. The predicted octanol–water partition coefficient (Wildman–Crippen LogP) is 6.29. The normalized spacial score (nSPS) is 11.2. The Labute approximate surface area is 206 Å². The number of thiophene rings is 1. The van der Waals surface area contributed by atoms with Crippen LogP contribution in [0.15, 0.2) is 103 Å². The average molecular weight is 475 g/mol. The van der Waals surface area contributed by atoms with Crippen LogP contribution in [-0.4, -0.2) is 20.7 Å². The van der Waals surface area contributed by atoms with Crippen LogP contribution in [0.25, 0.3) is 32.2 Å². The molecule has 0 spiro atoms. The summed E-state index contributed by atoms with van der Waals surface area (Å²) in [7, 11) is 0. The minimum atomic E-state index is -0.208. The first kappa shape index (κ1) is 21.3. The van der Waals surface area contributed by atoms with Crippen LogP contribution >= 0.6 is 11.3 Å². The standard InChI is InChI=1S/C29H22N4OS/c34-29(31-18-22-12-6-11-21-10-4-5-13-23(21)22)27-26-24(25-14-7-17-35-25)15-16-30-28(26)33(32-27)19-20-8-2-1-3-9-20/h1-17H,18-19H2,(H,31,34). The van der Waals surface area contributed by atoms with Gasteiger partial charge in [-0.3, -0.25) is 4.79 Å². The Morgan fingerprint density at radius 3 is 2.57 bits per heavy atom. The van der Waals surface area contributed by atoms with Crippen LogP contribution in [0.3, 0.4) is 0 Å². The van der Waals surface area contributed by atoms with E-state index in [1.54, 1.807) is 17.5 Å². The molecule has 6 rings (SSSR count). The van der Waals surface area contributed by atoms with Crippen molar-refractivity contribution in [2.24, 2.45) is 0 Å². The van der Waals surface area contributed by atoms with Gasteiger partial charge in [-0.2, -0.15) is 5.10 Å². The predicted molar refractivity (Wildman–Crippen MR) is 142 cm³/mol. The molecule has 0 aliphatic rings. The molecule has 6 heteroatoms. The van der Waals surface area contributed by atoms with Gasteiger partial charge in [-0.05, 0) is 39.4 Å². The van der Waals surface area contributed by atoms with Crippen LogP contribution in [0.1, 0.15) is 21.6 Å². The molecule has 3 aromatic carbocycles. The highest BCUT2D eigenvalue weighted by Gasteiger charge is 2.22. The Kier molecular flexibility index (Phi) is 5.56. The molecule has 0 aliphatic carbocycles.